The topological polar surface area (TPSA) is 34.1 Å². The molecule has 0 fully saturated rings. The quantitative estimate of drug-likeness (QED) is 0.706. The van der Waals surface area contributed by atoms with Gasteiger partial charge in [0.25, 0.3) is 0 Å². The van der Waals surface area contributed by atoms with Gasteiger partial charge in [0.1, 0.15) is 5.41 Å². The first-order valence-corrected chi connectivity index (χ1v) is 9.18. The van der Waals surface area contributed by atoms with E-state index >= 15 is 0 Å². The lowest BCUT2D eigenvalue weighted by Gasteiger charge is -2.26. The zero-order chi connectivity index (χ0) is 17.6. The summed E-state index contributed by atoms with van der Waals surface area (Å²) >= 11 is 0. The van der Waals surface area contributed by atoms with Gasteiger partial charge in [0.2, 0.25) is 0 Å². The van der Waals surface area contributed by atoms with Crippen molar-refractivity contribution >= 4 is 17.1 Å². The van der Waals surface area contributed by atoms with Gasteiger partial charge in [-0.3, -0.25) is 9.59 Å². The molecule has 0 aromatic heterocycles. The highest BCUT2D eigenvalue weighted by Gasteiger charge is 2.59. The number of benzene rings is 2. The Balaban J connectivity index is 2.06. The second-order valence-corrected chi connectivity index (χ2v) is 6.96. The van der Waals surface area contributed by atoms with E-state index in [1.54, 1.807) is 12.1 Å². The summed E-state index contributed by atoms with van der Waals surface area (Å²) in [5, 5.41) is 0. The lowest BCUT2D eigenvalue weighted by molar-refractivity contribution is 0.0826. The third-order valence-corrected chi connectivity index (χ3v) is 5.57. The van der Waals surface area contributed by atoms with Crippen LogP contribution in [0, 0.1) is 0 Å². The van der Waals surface area contributed by atoms with Crippen molar-refractivity contribution in [3.63, 3.8) is 0 Å². The summed E-state index contributed by atoms with van der Waals surface area (Å²) in [6.45, 7) is 4.27. The lowest BCUT2D eigenvalue weighted by atomic mass is 9.71. The Morgan fingerprint density at radius 2 is 1.24 bits per heavy atom. The molecule has 2 aliphatic rings. The highest BCUT2D eigenvalue weighted by molar-refractivity contribution is 6.36. The standard InChI is InChI=1S/C23H22O2/c1-3-9-15-16-11-7-8-14-20(16)23(19(15)10-4-2)21(24)17-12-5-6-13-18(17)22(23)25/h5-8,11-14H,3-4,9-10H2,1-2H3. The van der Waals surface area contributed by atoms with Crippen LogP contribution in [-0.2, 0) is 5.41 Å². The third-order valence-electron chi connectivity index (χ3n) is 5.57. The van der Waals surface area contributed by atoms with Crippen LogP contribution in [0.5, 0.6) is 0 Å². The molecule has 0 heterocycles. The number of Topliss-reactive ketones (excluding diaryl/α,β-unsaturated/α-hetero) is 2. The lowest BCUT2D eigenvalue weighted by Crippen LogP contribution is -2.38. The molecule has 0 N–H and O–H groups in total. The number of hydrogen-bond donors (Lipinski definition) is 0. The van der Waals surface area contributed by atoms with Crippen molar-refractivity contribution in [3.8, 4) is 0 Å². The molecule has 2 aliphatic carbocycles. The Bertz CT molecular complexity index is 882. The van der Waals surface area contributed by atoms with Crippen LogP contribution in [0.25, 0.3) is 5.57 Å². The Hall–Kier alpha value is -2.48. The van der Waals surface area contributed by atoms with E-state index in [9.17, 15) is 9.59 Å². The fourth-order valence-electron chi connectivity index (χ4n) is 4.65. The van der Waals surface area contributed by atoms with E-state index in [0.29, 0.717) is 11.1 Å². The van der Waals surface area contributed by atoms with E-state index in [4.69, 9.17) is 0 Å². The molecule has 0 bridgehead atoms. The summed E-state index contributed by atoms with van der Waals surface area (Å²) in [5.74, 6) is -0.0646. The maximum Gasteiger partial charge on any atom is 0.186 e. The minimum atomic E-state index is -1.11. The van der Waals surface area contributed by atoms with Crippen molar-refractivity contribution in [2.45, 2.75) is 44.9 Å². The van der Waals surface area contributed by atoms with Gasteiger partial charge in [-0.05, 0) is 35.1 Å². The van der Waals surface area contributed by atoms with Crippen LogP contribution in [0.1, 0.15) is 71.4 Å². The number of fused-ring (bicyclic) bond motifs is 3. The molecule has 0 saturated carbocycles. The van der Waals surface area contributed by atoms with E-state index in [1.807, 2.05) is 30.3 Å². The van der Waals surface area contributed by atoms with Crippen LogP contribution in [0.3, 0.4) is 0 Å². The van der Waals surface area contributed by atoms with Crippen LogP contribution in [0.2, 0.25) is 0 Å². The first-order chi connectivity index (χ1) is 12.2. The molecule has 0 aliphatic heterocycles. The Morgan fingerprint density at radius 3 is 1.80 bits per heavy atom. The van der Waals surface area contributed by atoms with Crippen molar-refractivity contribution in [2.24, 2.45) is 0 Å². The minimum Gasteiger partial charge on any atom is -0.292 e. The van der Waals surface area contributed by atoms with Crippen LogP contribution in [0.15, 0.2) is 54.1 Å². The summed E-state index contributed by atoms with van der Waals surface area (Å²) < 4.78 is 0. The average molecular weight is 330 g/mol. The number of rotatable bonds is 4. The smallest absolute Gasteiger partial charge is 0.186 e. The zero-order valence-electron chi connectivity index (χ0n) is 14.8. The maximum atomic E-state index is 13.6. The summed E-state index contributed by atoms with van der Waals surface area (Å²) in [6, 6.07) is 15.3. The van der Waals surface area contributed by atoms with Crippen molar-refractivity contribution in [1.82, 2.24) is 0 Å². The molecule has 2 aromatic carbocycles. The van der Waals surface area contributed by atoms with Crippen molar-refractivity contribution in [2.75, 3.05) is 0 Å². The van der Waals surface area contributed by atoms with Gasteiger partial charge >= 0.3 is 0 Å². The molecule has 4 rings (SSSR count). The predicted octanol–water partition coefficient (Wildman–Crippen LogP) is 5.37. The highest BCUT2D eigenvalue weighted by Crippen LogP contribution is 2.55. The second-order valence-electron chi connectivity index (χ2n) is 6.96. The molecule has 126 valence electrons. The predicted molar refractivity (Wildman–Crippen MR) is 100.0 cm³/mol. The summed E-state index contributed by atoms with van der Waals surface area (Å²) in [6.07, 6.45) is 3.62. The van der Waals surface area contributed by atoms with E-state index in [-0.39, 0.29) is 11.6 Å². The van der Waals surface area contributed by atoms with E-state index in [1.165, 1.54) is 5.57 Å². The number of allylic oxidation sites excluding steroid dienone is 2. The Labute approximate surface area is 148 Å². The highest BCUT2D eigenvalue weighted by atomic mass is 16.2. The van der Waals surface area contributed by atoms with Gasteiger partial charge in [-0.15, -0.1) is 0 Å². The van der Waals surface area contributed by atoms with Gasteiger partial charge in [-0.25, -0.2) is 0 Å². The van der Waals surface area contributed by atoms with Crippen molar-refractivity contribution in [1.29, 1.82) is 0 Å². The number of hydrogen-bond acceptors (Lipinski definition) is 2. The molecule has 2 nitrogen and oxygen atoms in total. The van der Waals surface area contributed by atoms with Crippen molar-refractivity contribution < 1.29 is 9.59 Å². The fourth-order valence-corrected chi connectivity index (χ4v) is 4.65. The van der Waals surface area contributed by atoms with Gasteiger partial charge < -0.3 is 0 Å². The minimum absolute atomic E-state index is 0.0323. The first-order valence-electron chi connectivity index (χ1n) is 9.18. The number of carbonyl (C=O) groups is 2. The zero-order valence-corrected chi connectivity index (χ0v) is 14.8. The van der Waals surface area contributed by atoms with Crippen LogP contribution in [0.4, 0.5) is 0 Å². The molecule has 0 atom stereocenters. The van der Waals surface area contributed by atoms with Gasteiger partial charge in [-0.2, -0.15) is 0 Å². The molecule has 0 amide bonds. The largest absolute Gasteiger partial charge is 0.292 e. The molecule has 2 aromatic rings. The molecular weight excluding hydrogens is 308 g/mol. The van der Waals surface area contributed by atoms with Gasteiger partial charge in [0, 0.05) is 11.1 Å². The Morgan fingerprint density at radius 1 is 0.720 bits per heavy atom. The molecule has 0 unspecified atom stereocenters. The summed E-state index contributed by atoms with van der Waals surface area (Å²) in [4.78, 5) is 27.1. The van der Waals surface area contributed by atoms with Crippen LogP contribution >= 0.6 is 0 Å². The van der Waals surface area contributed by atoms with Crippen LogP contribution < -0.4 is 0 Å². The van der Waals surface area contributed by atoms with Gasteiger partial charge in [0.05, 0.1) is 0 Å². The third kappa shape index (κ3) is 1.91. The monoisotopic (exact) mass is 330 g/mol. The molecule has 1 spiro atoms. The SMILES string of the molecule is CCCC1=C(CCC)C2(C(=O)c3ccccc3C2=O)c2ccccc21. The number of ketones is 2. The van der Waals surface area contributed by atoms with E-state index < -0.39 is 5.41 Å². The Kier molecular flexibility index (Phi) is 3.72. The normalized spacial score (nSPS) is 17.4. The summed E-state index contributed by atoms with van der Waals surface area (Å²) in [5.41, 5.74) is 4.30. The number of carbonyl (C=O) groups excluding carboxylic acids is 2. The van der Waals surface area contributed by atoms with E-state index in [0.717, 1.165) is 42.4 Å². The average Bonchev–Trinajstić information content (AvgIpc) is 3.04. The second kappa shape index (κ2) is 5.80. The van der Waals surface area contributed by atoms with Gasteiger partial charge in [-0.1, -0.05) is 75.2 Å². The fraction of sp³-hybridized carbons (Fsp3) is 0.304. The van der Waals surface area contributed by atoms with Crippen LogP contribution in [-0.4, -0.2) is 11.6 Å². The molecule has 2 heteroatoms. The molecule has 0 radical (unpaired) electrons. The van der Waals surface area contributed by atoms with Crippen molar-refractivity contribution in [3.05, 3.63) is 76.4 Å². The maximum absolute atomic E-state index is 13.6. The molecule has 25 heavy (non-hydrogen) atoms. The molecular formula is C23H22O2. The first kappa shape index (κ1) is 16.0. The molecule has 0 saturated heterocycles. The summed E-state index contributed by atoms with van der Waals surface area (Å²) in [7, 11) is 0. The van der Waals surface area contributed by atoms with Gasteiger partial charge in [0.15, 0.2) is 11.6 Å². The van der Waals surface area contributed by atoms with E-state index in [2.05, 4.69) is 19.9 Å².